The van der Waals surface area contributed by atoms with E-state index in [1.807, 2.05) is 30.3 Å². The quantitative estimate of drug-likeness (QED) is 0.860. The van der Waals surface area contributed by atoms with Gasteiger partial charge in [-0.25, -0.2) is 0 Å². The zero-order valence-corrected chi connectivity index (χ0v) is 11.0. The lowest BCUT2D eigenvalue weighted by Gasteiger charge is -2.22. The summed E-state index contributed by atoms with van der Waals surface area (Å²) in [6.45, 7) is 4.49. The number of carboxylic acids is 1. The van der Waals surface area contributed by atoms with Gasteiger partial charge in [-0.3, -0.25) is 10.1 Å². The zero-order valence-electron chi connectivity index (χ0n) is 11.0. The van der Waals surface area contributed by atoms with Crippen molar-refractivity contribution in [2.24, 2.45) is 5.41 Å². The van der Waals surface area contributed by atoms with Crippen LogP contribution in [0.15, 0.2) is 30.3 Å². The van der Waals surface area contributed by atoms with Crippen molar-refractivity contribution in [2.75, 3.05) is 0 Å². The average Bonchev–Trinajstić information content (AvgIpc) is 2.66. The first-order chi connectivity index (χ1) is 8.48. The molecule has 0 aromatic heterocycles. The molecule has 2 N–H and O–H groups in total. The highest BCUT2D eigenvalue weighted by atomic mass is 16.4. The van der Waals surface area contributed by atoms with Gasteiger partial charge < -0.3 is 5.11 Å². The normalized spacial score (nSPS) is 23.8. The number of rotatable bonds is 4. The van der Waals surface area contributed by atoms with Crippen molar-refractivity contribution in [1.29, 1.82) is 0 Å². The summed E-state index contributed by atoms with van der Waals surface area (Å²) in [5.74, 6) is -0.800. The van der Waals surface area contributed by atoms with Gasteiger partial charge in [-0.05, 0) is 30.2 Å². The monoisotopic (exact) mass is 247 g/mol. The Morgan fingerprint density at radius 2 is 2.06 bits per heavy atom. The number of hydrogen-bond acceptors (Lipinski definition) is 2. The first-order valence-corrected chi connectivity index (χ1v) is 6.52. The maximum Gasteiger partial charge on any atom is 0.325 e. The van der Waals surface area contributed by atoms with Gasteiger partial charge in [-0.2, -0.15) is 0 Å². The van der Waals surface area contributed by atoms with Crippen LogP contribution < -0.4 is 5.32 Å². The second kappa shape index (κ2) is 5.11. The molecule has 0 aliphatic heterocycles. The van der Waals surface area contributed by atoms with E-state index in [1.54, 1.807) is 0 Å². The van der Waals surface area contributed by atoms with Gasteiger partial charge >= 0.3 is 5.97 Å². The van der Waals surface area contributed by atoms with E-state index in [9.17, 15) is 9.90 Å². The Labute approximate surface area is 108 Å². The van der Waals surface area contributed by atoms with E-state index in [0.29, 0.717) is 11.5 Å². The SMILES string of the molecule is CC1(C)CCC(NC(C(=O)O)c2ccccc2)C1. The van der Waals surface area contributed by atoms with Crippen LogP contribution in [0.1, 0.15) is 44.7 Å². The first kappa shape index (κ1) is 13.1. The number of carboxylic acid groups (broad SMARTS) is 1. The largest absolute Gasteiger partial charge is 0.480 e. The summed E-state index contributed by atoms with van der Waals surface area (Å²) in [6.07, 6.45) is 3.26. The highest BCUT2D eigenvalue weighted by Gasteiger charge is 2.33. The second-order valence-electron chi connectivity index (χ2n) is 5.95. The predicted octanol–water partition coefficient (Wildman–Crippen LogP) is 2.98. The fourth-order valence-corrected chi connectivity index (χ4v) is 2.77. The Hall–Kier alpha value is -1.35. The Kier molecular flexibility index (Phi) is 3.71. The standard InChI is InChI=1S/C15H21NO2/c1-15(2)9-8-12(10-15)16-13(14(17)18)11-6-4-3-5-7-11/h3-7,12-13,16H,8-10H2,1-2H3,(H,17,18). The Morgan fingerprint density at radius 3 is 2.56 bits per heavy atom. The van der Waals surface area contributed by atoms with E-state index >= 15 is 0 Å². The summed E-state index contributed by atoms with van der Waals surface area (Å²) in [4.78, 5) is 11.4. The van der Waals surface area contributed by atoms with Crippen LogP contribution in [0.4, 0.5) is 0 Å². The van der Waals surface area contributed by atoms with E-state index in [2.05, 4.69) is 19.2 Å². The van der Waals surface area contributed by atoms with Crippen molar-refractivity contribution < 1.29 is 9.90 Å². The van der Waals surface area contributed by atoms with Crippen LogP contribution in [0.5, 0.6) is 0 Å². The molecule has 3 nitrogen and oxygen atoms in total. The summed E-state index contributed by atoms with van der Waals surface area (Å²) in [7, 11) is 0. The van der Waals surface area contributed by atoms with Crippen molar-refractivity contribution in [3.63, 3.8) is 0 Å². The highest BCUT2D eigenvalue weighted by molar-refractivity contribution is 5.75. The number of carbonyl (C=O) groups is 1. The summed E-state index contributed by atoms with van der Waals surface area (Å²) < 4.78 is 0. The Balaban J connectivity index is 2.07. The molecule has 98 valence electrons. The molecular weight excluding hydrogens is 226 g/mol. The van der Waals surface area contributed by atoms with E-state index in [-0.39, 0.29) is 0 Å². The lowest BCUT2D eigenvalue weighted by molar-refractivity contribution is -0.139. The van der Waals surface area contributed by atoms with Crippen LogP contribution in [0, 0.1) is 5.41 Å². The third-order valence-corrected chi connectivity index (χ3v) is 3.75. The number of nitrogens with one attached hydrogen (secondary N) is 1. The van der Waals surface area contributed by atoms with E-state index in [4.69, 9.17) is 0 Å². The van der Waals surface area contributed by atoms with Gasteiger partial charge in [0, 0.05) is 6.04 Å². The summed E-state index contributed by atoms with van der Waals surface area (Å²) in [6, 6.07) is 9.11. The van der Waals surface area contributed by atoms with E-state index in [1.165, 1.54) is 0 Å². The van der Waals surface area contributed by atoms with Gasteiger partial charge in [0.15, 0.2) is 0 Å². The van der Waals surface area contributed by atoms with Crippen LogP contribution in [0.2, 0.25) is 0 Å². The van der Waals surface area contributed by atoms with Crippen molar-refractivity contribution in [1.82, 2.24) is 5.32 Å². The number of aliphatic carboxylic acids is 1. The first-order valence-electron chi connectivity index (χ1n) is 6.52. The van der Waals surface area contributed by atoms with Crippen molar-refractivity contribution in [3.05, 3.63) is 35.9 Å². The summed E-state index contributed by atoms with van der Waals surface area (Å²) >= 11 is 0. The molecule has 0 radical (unpaired) electrons. The molecule has 18 heavy (non-hydrogen) atoms. The molecule has 1 aromatic rings. The molecular formula is C15H21NO2. The molecule has 0 heterocycles. The molecule has 1 fully saturated rings. The van der Waals surface area contributed by atoms with Gasteiger partial charge in [-0.15, -0.1) is 0 Å². The lowest BCUT2D eigenvalue weighted by atomic mass is 9.91. The van der Waals surface area contributed by atoms with Crippen LogP contribution >= 0.6 is 0 Å². The molecule has 2 atom stereocenters. The van der Waals surface area contributed by atoms with E-state index < -0.39 is 12.0 Å². The minimum Gasteiger partial charge on any atom is -0.480 e. The third-order valence-electron chi connectivity index (χ3n) is 3.75. The second-order valence-corrected chi connectivity index (χ2v) is 5.95. The van der Waals surface area contributed by atoms with Gasteiger partial charge in [0.2, 0.25) is 0 Å². The number of benzene rings is 1. The van der Waals surface area contributed by atoms with Crippen LogP contribution in [-0.2, 0) is 4.79 Å². The van der Waals surface area contributed by atoms with Crippen molar-refractivity contribution in [2.45, 2.75) is 45.2 Å². The molecule has 1 aliphatic rings. The fraction of sp³-hybridized carbons (Fsp3) is 0.533. The molecule has 1 aromatic carbocycles. The summed E-state index contributed by atoms with van der Waals surface area (Å²) in [5, 5.41) is 12.6. The Bertz CT molecular complexity index is 414. The fourth-order valence-electron chi connectivity index (χ4n) is 2.77. The third kappa shape index (κ3) is 3.10. The molecule has 1 aliphatic carbocycles. The smallest absolute Gasteiger partial charge is 0.325 e. The van der Waals surface area contributed by atoms with Crippen LogP contribution in [-0.4, -0.2) is 17.1 Å². The highest BCUT2D eigenvalue weighted by Crippen LogP contribution is 2.37. The van der Waals surface area contributed by atoms with E-state index in [0.717, 1.165) is 24.8 Å². The maximum absolute atomic E-state index is 11.4. The van der Waals surface area contributed by atoms with Gasteiger partial charge in [0.1, 0.15) is 6.04 Å². The predicted molar refractivity (Wildman–Crippen MR) is 71.4 cm³/mol. The Morgan fingerprint density at radius 1 is 1.39 bits per heavy atom. The summed E-state index contributed by atoms with van der Waals surface area (Å²) in [5.41, 5.74) is 1.16. The van der Waals surface area contributed by atoms with Gasteiger partial charge in [0.25, 0.3) is 0 Å². The molecule has 0 amide bonds. The zero-order chi connectivity index (χ0) is 13.2. The molecule has 0 spiro atoms. The topological polar surface area (TPSA) is 49.3 Å². The maximum atomic E-state index is 11.4. The van der Waals surface area contributed by atoms with Crippen molar-refractivity contribution >= 4 is 5.97 Å². The molecule has 2 rings (SSSR count). The number of hydrogen-bond donors (Lipinski definition) is 2. The molecule has 2 unspecified atom stereocenters. The molecule has 3 heteroatoms. The lowest BCUT2D eigenvalue weighted by Crippen LogP contribution is -2.36. The van der Waals surface area contributed by atoms with Crippen LogP contribution in [0.25, 0.3) is 0 Å². The molecule has 1 saturated carbocycles. The minimum atomic E-state index is -0.800. The van der Waals surface area contributed by atoms with Gasteiger partial charge in [0.05, 0.1) is 0 Å². The van der Waals surface area contributed by atoms with Gasteiger partial charge in [-0.1, -0.05) is 44.2 Å². The van der Waals surface area contributed by atoms with Crippen molar-refractivity contribution in [3.8, 4) is 0 Å². The average molecular weight is 247 g/mol. The molecule has 0 saturated heterocycles. The molecule has 0 bridgehead atoms. The van der Waals surface area contributed by atoms with Crippen LogP contribution in [0.3, 0.4) is 0 Å². The minimum absolute atomic E-state index is 0.307.